The third-order valence-electron chi connectivity index (χ3n) is 6.22. The zero-order valence-electron chi connectivity index (χ0n) is 21.1. The topological polar surface area (TPSA) is 74.7 Å². The summed E-state index contributed by atoms with van der Waals surface area (Å²) < 4.78 is 16.9. The minimum atomic E-state index is -0.867. The van der Waals surface area contributed by atoms with Crippen LogP contribution in [-0.2, 0) is 32.1 Å². The van der Waals surface area contributed by atoms with Crippen LogP contribution in [0.5, 0.6) is 5.75 Å². The van der Waals surface area contributed by atoms with E-state index in [0.29, 0.717) is 19.4 Å². The fourth-order valence-electron chi connectivity index (χ4n) is 4.50. The van der Waals surface area contributed by atoms with E-state index < -0.39 is 16.9 Å². The molecule has 1 saturated carbocycles. The number of hydrogen-bond donors (Lipinski definition) is 0. The predicted octanol–water partition coefficient (Wildman–Crippen LogP) is 5.58. The Kier molecular flexibility index (Phi) is 6.84. The van der Waals surface area contributed by atoms with Crippen molar-refractivity contribution in [3.05, 3.63) is 71.4 Å². The summed E-state index contributed by atoms with van der Waals surface area (Å²) in [5, 5.41) is 1.08. The average molecular weight is 476 g/mol. The van der Waals surface area contributed by atoms with Crippen LogP contribution in [0.4, 0.5) is 0 Å². The van der Waals surface area contributed by atoms with E-state index in [0.717, 1.165) is 33.5 Å². The van der Waals surface area contributed by atoms with Crippen LogP contribution in [0.1, 0.15) is 50.9 Å². The lowest BCUT2D eigenvalue weighted by molar-refractivity contribution is -0.162. The van der Waals surface area contributed by atoms with Crippen molar-refractivity contribution >= 4 is 22.8 Å². The largest absolute Gasteiger partial charge is 0.489 e. The molecule has 0 spiro atoms. The molecule has 0 N–H and O–H groups in total. The number of esters is 2. The maximum Gasteiger partial charge on any atom is 0.313 e. The molecule has 1 unspecified atom stereocenters. The second kappa shape index (κ2) is 9.68. The summed E-state index contributed by atoms with van der Waals surface area (Å²) in [5.41, 5.74) is 2.46. The zero-order valence-corrected chi connectivity index (χ0v) is 21.1. The van der Waals surface area contributed by atoms with Crippen LogP contribution in [0.3, 0.4) is 0 Å². The summed E-state index contributed by atoms with van der Waals surface area (Å²) in [5.74, 6) is -0.432. The van der Waals surface area contributed by atoms with Gasteiger partial charge >= 0.3 is 11.9 Å². The minimum absolute atomic E-state index is 0.275. The van der Waals surface area contributed by atoms with Crippen LogP contribution in [0.15, 0.2) is 54.6 Å². The SMILES string of the molecule is CCOC(=O)[C@@]1(Cc2ccc(OCc3cc(C)nc4ccccc34)cc2)CC1C(=O)OC(C)(C)C. The maximum absolute atomic E-state index is 12.8. The number of ether oxygens (including phenoxy) is 3. The zero-order chi connectivity index (χ0) is 25.2. The van der Waals surface area contributed by atoms with Crippen LogP contribution in [0.25, 0.3) is 10.9 Å². The molecule has 0 amide bonds. The minimum Gasteiger partial charge on any atom is -0.489 e. The summed E-state index contributed by atoms with van der Waals surface area (Å²) in [4.78, 5) is 30.1. The summed E-state index contributed by atoms with van der Waals surface area (Å²) in [6, 6.07) is 17.8. The lowest BCUT2D eigenvalue weighted by Gasteiger charge is -2.21. The molecule has 1 fully saturated rings. The molecule has 35 heavy (non-hydrogen) atoms. The molecule has 2 atom stereocenters. The molecule has 1 aromatic heterocycles. The number of pyridine rings is 1. The van der Waals surface area contributed by atoms with Gasteiger partial charge in [-0.1, -0.05) is 30.3 Å². The van der Waals surface area contributed by atoms with Gasteiger partial charge in [-0.15, -0.1) is 0 Å². The van der Waals surface area contributed by atoms with Crippen molar-refractivity contribution in [2.24, 2.45) is 11.3 Å². The second-order valence-electron chi connectivity index (χ2n) is 10.2. The van der Waals surface area contributed by atoms with E-state index in [9.17, 15) is 9.59 Å². The summed E-state index contributed by atoms with van der Waals surface area (Å²) in [7, 11) is 0. The van der Waals surface area contributed by atoms with Crippen molar-refractivity contribution in [2.45, 2.75) is 59.7 Å². The van der Waals surface area contributed by atoms with Gasteiger partial charge in [0.05, 0.1) is 23.5 Å². The van der Waals surface area contributed by atoms with E-state index >= 15 is 0 Å². The predicted molar refractivity (Wildman–Crippen MR) is 134 cm³/mol. The van der Waals surface area contributed by atoms with Crippen LogP contribution < -0.4 is 4.74 Å². The molecule has 0 aliphatic heterocycles. The number of rotatable bonds is 8. The molecular formula is C29H33NO5. The highest BCUT2D eigenvalue weighted by Gasteiger charge is 2.65. The molecule has 1 aliphatic rings. The summed E-state index contributed by atoms with van der Waals surface area (Å²) >= 11 is 0. The van der Waals surface area contributed by atoms with Gasteiger partial charge in [0.2, 0.25) is 0 Å². The standard InChI is InChI=1S/C29H33NO5/c1-6-33-27(32)29(17-24(29)26(31)35-28(3,4)5)16-20-11-13-22(14-12-20)34-18-21-15-19(2)30-25-10-8-7-9-23(21)25/h7-15,24H,6,16-18H2,1-5H3/t24?,29-/m0/s1. The van der Waals surface area contributed by atoms with Crippen molar-refractivity contribution in [3.8, 4) is 5.75 Å². The summed E-state index contributed by atoms with van der Waals surface area (Å²) in [6.45, 7) is 9.94. The first-order chi connectivity index (χ1) is 16.6. The van der Waals surface area contributed by atoms with E-state index in [1.807, 2.05) is 76.2 Å². The average Bonchev–Trinajstić information content (AvgIpc) is 3.53. The lowest BCUT2D eigenvalue weighted by Crippen LogP contribution is -2.30. The molecule has 3 aromatic rings. The van der Waals surface area contributed by atoms with Crippen LogP contribution in [0, 0.1) is 18.3 Å². The molecule has 6 heteroatoms. The van der Waals surface area contributed by atoms with E-state index in [4.69, 9.17) is 14.2 Å². The second-order valence-corrected chi connectivity index (χ2v) is 10.2. The lowest BCUT2D eigenvalue weighted by atomic mass is 9.93. The molecule has 2 aromatic carbocycles. The number of aryl methyl sites for hydroxylation is 1. The highest BCUT2D eigenvalue weighted by atomic mass is 16.6. The molecule has 0 saturated heterocycles. The van der Waals surface area contributed by atoms with Gasteiger partial charge in [-0.05, 0) is 77.3 Å². The number of carbonyl (C=O) groups is 2. The van der Waals surface area contributed by atoms with E-state index in [-0.39, 0.29) is 18.5 Å². The Bertz CT molecular complexity index is 1230. The van der Waals surface area contributed by atoms with Gasteiger partial charge in [0.25, 0.3) is 0 Å². The molecular weight excluding hydrogens is 442 g/mol. The van der Waals surface area contributed by atoms with E-state index in [1.165, 1.54) is 0 Å². The fraction of sp³-hybridized carbons (Fsp3) is 0.414. The Balaban J connectivity index is 1.45. The fourth-order valence-corrected chi connectivity index (χ4v) is 4.50. The van der Waals surface area contributed by atoms with Gasteiger partial charge < -0.3 is 14.2 Å². The number of hydrogen-bond acceptors (Lipinski definition) is 6. The Labute approximate surface area is 206 Å². The van der Waals surface area contributed by atoms with Crippen molar-refractivity contribution in [1.29, 1.82) is 0 Å². The molecule has 0 radical (unpaired) electrons. The van der Waals surface area contributed by atoms with E-state index in [1.54, 1.807) is 6.92 Å². The van der Waals surface area contributed by atoms with Gasteiger partial charge in [0, 0.05) is 16.6 Å². The highest BCUT2D eigenvalue weighted by molar-refractivity contribution is 5.91. The van der Waals surface area contributed by atoms with Crippen LogP contribution in [-0.4, -0.2) is 29.1 Å². The normalized spacial score (nSPS) is 19.3. The Morgan fingerprint density at radius 1 is 1.09 bits per heavy atom. The number of carbonyl (C=O) groups excluding carboxylic acids is 2. The van der Waals surface area contributed by atoms with Crippen LogP contribution >= 0.6 is 0 Å². The van der Waals surface area contributed by atoms with Crippen molar-refractivity contribution in [3.63, 3.8) is 0 Å². The van der Waals surface area contributed by atoms with Crippen molar-refractivity contribution in [1.82, 2.24) is 4.98 Å². The highest BCUT2D eigenvalue weighted by Crippen LogP contribution is 2.56. The Hall–Kier alpha value is -3.41. The van der Waals surface area contributed by atoms with E-state index in [2.05, 4.69) is 11.1 Å². The monoisotopic (exact) mass is 475 g/mol. The molecule has 4 rings (SSSR count). The first-order valence-corrected chi connectivity index (χ1v) is 12.1. The smallest absolute Gasteiger partial charge is 0.313 e. The molecule has 0 bridgehead atoms. The third-order valence-corrected chi connectivity index (χ3v) is 6.22. The number of aromatic nitrogens is 1. The first kappa shape index (κ1) is 24.7. The Morgan fingerprint density at radius 2 is 1.80 bits per heavy atom. The summed E-state index contributed by atoms with van der Waals surface area (Å²) in [6.07, 6.45) is 0.859. The Morgan fingerprint density at radius 3 is 2.49 bits per heavy atom. The number of benzene rings is 2. The van der Waals surface area contributed by atoms with Crippen LogP contribution in [0.2, 0.25) is 0 Å². The number of para-hydroxylation sites is 1. The van der Waals surface area contributed by atoms with Gasteiger partial charge in [-0.25, -0.2) is 0 Å². The van der Waals surface area contributed by atoms with Gasteiger partial charge in [-0.2, -0.15) is 0 Å². The van der Waals surface area contributed by atoms with Gasteiger partial charge in [-0.3, -0.25) is 14.6 Å². The first-order valence-electron chi connectivity index (χ1n) is 12.1. The molecule has 1 aliphatic carbocycles. The van der Waals surface area contributed by atoms with Crippen molar-refractivity contribution < 1.29 is 23.8 Å². The van der Waals surface area contributed by atoms with Gasteiger partial charge in [0.1, 0.15) is 18.0 Å². The number of nitrogens with zero attached hydrogens (tertiary/aromatic N) is 1. The molecule has 6 nitrogen and oxygen atoms in total. The molecule has 184 valence electrons. The van der Waals surface area contributed by atoms with Crippen molar-refractivity contribution in [2.75, 3.05) is 6.61 Å². The molecule has 1 heterocycles. The maximum atomic E-state index is 12.8. The third kappa shape index (κ3) is 5.64. The van der Waals surface area contributed by atoms with Gasteiger partial charge in [0.15, 0.2) is 0 Å². The quantitative estimate of drug-likeness (QED) is 0.396. The number of fused-ring (bicyclic) bond motifs is 1.